The predicted molar refractivity (Wildman–Crippen MR) is 88.9 cm³/mol. The van der Waals surface area contributed by atoms with E-state index in [1.54, 1.807) is 0 Å². The SMILES string of the molecule is C/C(CN1CCCCC(C)C1)=C(\C)c1ccc(C)cc1. The summed E-state index contributed by atoms with van der Waals surface area (Å²) >= 11 is 0. The first-order chi connectivity index (χ1) is 9.56. The van der Waals surface area contributed by atoms with E-state index in [1.807, 2.05) is 0 Å². The molecular formula is C19H29N. The third-order valence-electron chi connectivity index (χ3n) is 4.58. The van der Waals surface area contributed by atoms with Crippen LogP contribution in [-0.4, -0.2) is 24.5 Å². The van der Waals surface area contributed by atoms with Crippen molar-refractivity contribution in [1.29, 1.82) is 0 Å². The van der Waals surface area contributed by atoms with Crippen molar-refractivity contribution in [1.82, 2.24) is 4.90 Å². The molecule has 0 N–H and O–H groups in total. The lowest BCUT2D eigenvalue weighted by Gasteiger charge is -2.23. The summed E-state index contributed by atoms with van der Waals surface area (Å²) in [6.07, 6.45) is 4.16. The Kier molecular flexibility index (Phi) is 5.42. The summed E-state index contributed by atoms with van der Waals surface area (Å²) in [7, 11) is 0. The lowest BCUT2D eigenvalue weighted by Crippen LogP contribution is -2.29. The maximum absolute atomic E-state index is 2.64. The topological polar surface area (TPSA) is 3.24 Å². The number of aryl methyl sites for hydroxylation is 1. The molecule has 1 aromatic carbocycles. The van der Waals surface area contributed by atoms with Crippen LogP contribution in [0.2, 0.25) is 0 Å². The number of allylic oxidation sites excluding steroid dienone is 1. The molecular weight excluding hydrogens is 242 g/mol. The van der Waals surface area contributed by atoms with Crippen molar-refractivity contribution in [2.75, 3.05) is 19.6 Å². The number of likely N-dealkylation sites (tertiary alicyclic amines) is 1. The largest absolute Gasteiger partial charge is 0.299 e. The molecule has 1 unspecified atom stereocenters. The third kappa shape index (κ3) is 4.21. The van der Waals surface area contributed by atoms with Gasteiger partial charge in [0.2, 0.25) is 0 Å². The highest BCUT2D eigenvalue weighted by atomic mass is 15.1. The Balaban J connectivity index is 2.06. The zero-order valence-electron chi connectivity index (χ0n) is 13.6. The zero-order chi connectivity index (χ0) is 14.5. The van der Waals surface area contributed by atoms with Crippen molar-refractivity contribution in [2.24, 2.45) is 5.92 Å². The highest BCUT2D eigenvalue weighted by Crippen LogP contribution is 2.21. The molecule has 0 bridgehead atoms. The van der Waals surface area contributed by atoms with Crippen LogP contribution >= 0.6 is 0 Å². The Labute approximate surface area is 124 Å². The molecule has 0 radical (unpaired) electrons. The van der Waals surface area contributed by atoms with Crippen LogP contribution < -0.4 is 0 Å². The van der Waals surface area contributed by atoms with E-state index in [-0.39, 0.29) is 0 Å². The van der Waals surface area contributed by atoms with E-state index in [1.165, 1.54) is 54.6 Å². The Morgan fingerprint density at radius 3 is 2.55 bits per heavy atom. The molecule has 1 saturated heterocycles. The van der Waals surface area contributed by atoms with Crippen LogP contribution in [0.25, 0.3) is 5.57 Å². The second kappa shape index (κ2) is 7.08. The molecule has 2 rings (SSSR count). The van der Waals surface area contributed by atoms with Crippen molar-refractivity contribution in [3.05, 3.63) is 41.0 Å². The number of rotatable bonds is 3. The second-order valence-corrected chi connectivity index (χ2v) is 6.61. The number of nitrogens with zero attached hydrogens (tertiary/aromatic N) is 1. The fraction of sp³-hybridized carbons (Fsp3) is 0.579. The van der Waals surface area contributed by atoms with E-state index in [9.17, 15) is 0 Å². The van der Waals surface area contributed by atoms with Gasteiger partial charge in [-0.15, -0.1) is 0 Å². The second-order valence-electron chi connectivity index (χ2n) is 6.61. The van der Waals surface area contributed by atoms with Crippen LogP contribution in [0.15, 0.2) is 29.8 Å². The molecule has 1 heterocycles. The smallest absolute Gasteiger partial charge is 0.0196 e. The maximum atomic E-state index is 2.64. The van der Waals surface area contributed by atoms with Crippen LogP contribution in [0.4, 0.5) is 0 Å². The molecule has 110 valence electrons. The van der Waals surface area contributed by atoms with Gasteiger partial charge in [-0.2, -0.15) is 0 Å². The van der Waals surface area contributed by atoms with Crippen LogP contribution in [-0.2, 0) is 0 Å². The standard InChI is InChI=1S/C19H29N/c1-15-8-10-19(11-9-15)18(4)17(3)14-20-12-6-5-7-16(2)13-20/h8-11,16H,5-7,12-14H2,1-4H3/b18-17-. The number of hydrogen-bond acceptors (Lipinski definition) is 1. The van der Waals surface area contributed by atoms with Crippen LogP contribution in [0.3, 0.4) is 0 Å². The lowest BCUT2D eigenvalue weighted by atomic mass is 10.0. The molecule has 0 spiro atoms. The van der Waals surface area contributed by atoms with E-state index in [2.05, 4.69) is 56.9 Å². The number of benzene rings is 1. The first kappa shape index (κ1) is 15.3. The molecule has 1 heteroatoms. The van der Waals surface area contributed by atoms with Crippen LogP contribution in [0.1, 0.15) is 51.2 Å². The quantitative estimate of drug-likeness (QED) is 0.755. The van der Waals surface area contributed by atoms with Gasteiger partial charge in [-0.1, -0.05) is 48.7 Å². The van der Waals surface area contributed by atoms with Gasteiger partial charge in [0.15, 0.2) is 0 Å². The monoisotopic (exact) mass is 271 g/mol. The first-order valence-corrected chi connectivity index (χ1v) is 8.02. The number of hydrogen-bond donors (Lipinski definition) is 0. The summed E-state index contributed by atoms with van der Waals surface area (Å²) in [6.45, 7) is 12.8. The molecule has 1 aliphatic rings. The van der Waals surface area contributed by atoms with Gasteiger partial charge in [0, 0.05) is 13.1 Å². The molecule has 0 aromatic heterocycles. The van der Waals surface area contributed by atoms with Gasteiger partial charge in [-0.3, -0.25) is 4.90 Å². The Hall–Kier alpha value is -1.08. The van der Waals surface area contributed by atoms with Gasteiger partial charge in [0.25, 0.3) is 0 Å². The van der Waals surface area contributed by atoms with Crippen LogP contribution in [0.5, 0.6) is 0 Å². The Bertz CT molecular complexity index is 455. The van der Waals surface area contributed by atoms with Gasteiger partial charge >= 0.3 is 0 Å². The molecule has 0 saturated carbocycles. The van der Waals surface area contributed by atoms with Gasteiger partial charge in [0.05, 0.1) is 0 Å². The zero-order valence-corrected chi connectivity index (χ0v) is 13.6. The van der Waals surface area contributed by atoms with E-state index in [0.29, 0.717) is 0 Å². The van der Waals surface area contributed by atoms with E-state index >= 15 is 0 Å². The normalized spacial score (nSPS) is 22.3. The van der Waals surface area contributed by atoms with Gasteiger partial charge in [0.1, 0.15) is 0 Å². The van der Waals surface area contributed by atoms with Gasteiger partial charge in [-0.05, 0) is 57.2 Å². The fourth-order valence-corrected chi connectivity index (χ4v) is 3.10. The lowest BCUT2D eigenvalue weighted by molar-refractivity contribution is 0.276. The van der Waals surface area contributed by atoms with Crippen molar-refractivity contribution in [3.63, 3.8) is 0 Å². The van der Waals surface area contributed by atoms with E-state index < -0.39 is 0 Å². The fourth-order valence-electron chi connectivity index (χ4n) is 3.10. The molecule has 1 aliphatic heterocycles. The average molecular weight is 271 g/mol. The molecule has 1 nitrogen and oxygen atoms in total. The van der Waals surface area contributed by atoms with Gasteiger partial charge < -0.3 is 0 Å². The van der Waals surface area contributed by atoms with Crippen molar-refractivity contribution in [2.45, 2.75) is 47.0 Å². The van der Waals surface area contributed by atoms with Gasteiger partial charge in [-0.25, -0.2) is 0 Å². The van der Waals surface area contributed by atoms with Crippen molar-refractivity contribution >= 4 is 5.57 Å². The predicted octanol–water partition coefficient (Wildman–Crippen LogP) is 4.91. The minimum Gasteiger partial charge on any atom is -0.299 e. The highest BCUT2D eigenvalue weighted by Gasteiger charge is 2.15. The molecule has 1 atom stereocenters. The molecule has 0 aliphatic carbocycles. The van der Waals surface area contributed by atoms with Crippen molar-refractivity contribution < 1.29 is 0 Å². The molecule has 0 amide bonds. The summed E-state index contributed by atoms with van der Waals surface area (Å²) in [4.78, 5) is 2.64. The third-order valence-corrected chi connectivity index (χ3v) is 4.58. The highest BCUT2D eigenvalue weighted by molar-refractivity contribution is 5.66. The first-order valence-electron chi connectivity index (χ1n) is 8.02. The summed E-state index contributed by atoms with van der Waals surface area (Å²) < 4.78 is 0. The molecule has 1 fully saturated rings. The minimum atomic E-state index is 0.852. The molecule has 20 heavy (non-hydrogen) atoms. The summed E-state index contributed by atoms with van der Waals surface area (Å²) in [5.41, 5.74) is 5.67. The Morgan fingerprint density at radius 2 is 1.85 bits per heavy atom. The molecule has 1 aromatic rings. The van der Waals surface area contributed by atoms with Crippen LogP contribution in [0, 0.1) is 12.8 Å². The summed E-state index contributed by atoms with van der Waals surface area (Å²) in [5, 5.41) is 0. The maximum Gasteiger partial charge on any atom is 0.0196 e. The Morgan fingerprint density at radius 1 is 1.15 bits per heavy atom. The average Bonchev–Trinajstić information content (AvgIpc) is 2.63. The summed E-state index contributed by atoms with van der Waals surface area (Å²) in [6, 6.07) is 8.92. The van der Waals surface area contributed by atoms with E-state index in [0.717, 1.165) is 12.5 Å². The van der Waals surface area contributed by atoms with Crippen molar-refractivity contribution in [3.8, 4) is 0 Å². The minimum absolute atomic E-state index is 0.852. The van der Waals surface area contributed by atoms with E-state index in [4.69, 9.17) is 0 Å². The summed E-state index contributed by atoms with van der Waals surface area (Å²) in [5.74, 6) is 0.852.